The zero-order chi connectivity index (χ0) is 11.9. The monoisotopic (exact) mass is 233 g/mol. The molecule has 2 atom stereocenters. The van der Waals surface area contributed by atoms with E-state index in [-0.39, 0.29) is 0 Å². The molecule has 2 N–H and O–H groups in total. The Balaban J connectivity index is 1.63. The van der Waals surface area contributed by atoms with Crippen LogP contribution in [0.15, 0.2) is 18.2 Å². The summed E-state index contributed by atoms with van der Waals surface area (Å²) in [6.07, 6.45) is 3.60. The molecule has 0 spiro atoms. The molecular formula is C14H19NO2. The first-order valence-corrected chi connectivity index (χ1v) is 6.30. The molecule has 1 fully saturated rings. The predicted octanol–water partition coefficient (Wildman–Crippen LogP) is 2.33. The van der Waals surface area contributed by atoms with E-state index in [1.807, 2.05) is 6.07 Å². The molecule has 1 saturated carbocycles. The molecule has 0 aromatic heterocycles. The van der Waals surface area contributed by atoms with E-state index in [9.17, 15) is 0 Å². The van der Waals surface area contributed by atoms with Crippen LogP contribution >= 0.6 is 0 Å². The van der Waals surface area contributed by atoms with Gasteiger partial charge < -0.3 is 15.2 Å². The van der Waals surface area contributed by atoms with E-state index in [0.29, 0.717) is 12.2 Å². The van der Waals surface area contributed by atoms with Gasteiger partial charge in [0.1, 0.15) is 0 Å². The van der Waals surface area contributed by atoms with Gasteiger partial charge in [-0.1, -0.05) is 13.0 Å². The first kappa shape index (κ1) is 10.9. The topological polar surface area (TPSA) is 44.5 Å². The molecule has 1 heterocycles. The molecule has 2 unspecified atom stereocenters. The highest BCUT2D eigenvalue weighted by molar-refractivity contribution is 5.44. The molecular weight excluding hydrogens is 214 g/mol. The van der Waals surface area contributed by atoms with Gasteiger partial charge in [-0.2, -0.15) is 0 Å². The third-order valence-electron chi connectivity index (χ3n) is 4.24. The van der Waals surface area contributed by atoms with E-state index in [1.165, 1.54) is 18.4 Å². The number of aryl methyl sites for hydroxylation is 1. The van der Waals surface area contributed by atoms with Crippen LogP contribution in [0.25, 0.3) is 0 Å². The molecule has 17 heavy (non-hydrogen) atoms. The van der Waals surface area contributed by atoms with Crippen LogP contribution in [0.2, 0.25) is 0 Å². The Bertz CT molecular complexity index is 432. The molecule has 1 aromatic rings. The summed E-state index contributed by atoms with van der Waals surface area (Å²) in [5.74, 6) is 2.49. The lowest BCUT2D eigenvalue weighted by atomic mass is 9.96. The Hall–Kier alpha value is -1.22. The van der Waals surface area contributed by atoms with Gasteiger partial charge >= 0.3 is 0 Å². The second kappa shape index (κ2) is 3.91. The van der Waals surface area contributed by atoms with Crippen molar-refractivity contribution in [1.82, 2.24) is 0 Å². The van der Waals surface area contributed by atoms with E-state index in [2.05, 4.69) is 19.1 Å². The van der Waals surface area contributed by atoms with Crippen molar-refractivity contribution in [2.45, 2.75) is 26.2 Å². The lowest BCUT2D eigenvalue weighted by Gasteiger charge is -2.10. The van der Waals surface area contributed by atoms with Crippen LogP contribution in [0.1, 0.15) is 25.3 Å². The predicted molar refractivity (Wildman–Crippen MR) is 66.2 cm³/mol. The highest BCUT2D eigenvalue weighted by atomic mass is 16.7. The lowest BCUT2D eigenvalue weighted by molar-refractivity contribution is 0.174. The van der Waals surface area contributed by atoms with Crippen LogP contribution < -0.4 is 15.2 Å². The molecule has 0 bridgehead atoms. The second-order valence-corrected chi connectivity index (χ2v) is 5.48. The minimum Gasteiger partial charge on any atom is -0.454 e. The number of rotatable bonds is 4. The number of ether oxygens (including phenoxy) is 2. The van der Waals surface area contributed by atoms with Crippen LogP contribution in [-0.4, -0.2) is 13.3 Å². The van der Waals surface area contributed by atoms with Crippen molar-refractivity contribution in [3.63, 3.8) is 0 Å². The lowest BCUT2D eigenvalue weighted by Crippen LogP contribution is -2.09. The van der Waals surface area contributed by atoms with E-state index in [1.54, 1.807) is 0 Å². The van der Waals surface area contributed by atoms with Crippen molar-refractivity contribution >= 4 is 0 Å². The van der Waals surface area contributed by atoms with Crippen molar-refractivity contribution < 1.29 is 9.47 Å². The summed E-state index contributed by atoms with van der Waals surface area (Å²) in [6.45, 7) is 3.53. The average molecular weight is 233 g/mol. The number of hydrogen-bond donors (Lipinski definition) is 1. The summed E-state index contributed by atoms with van der Waals surface area (Å²) in [6, 6.07) is 6.25. The third kappa shape index (κ3) is 2.00. The van der Waals surface area contributed by atoms with Gasteiger partial charge in [0.25, 0.3) is 0 Å². The molecule has 2 aliphatic rings. The smallest absolute Gasteiger partial charge is 0.231 e. The Morgan fingerprint density at radius 3 is 2.94 bits per heavy atom. The summed E-state index contributed by atoms with van der Waals surface area (Å²) in [5, 5.41) is 0. The van der Waals surface area contributed by atoms with Crippen molar-refractivity contribution in [3.8, 4) is 11.5 Å². The molecule has 1 aliphatic carbocycles. The molecule has 3 heteroatoms. The highest BCUT2D eigenvalue weighted by Crippen LogP contribution is 2.54. The molecule has 0 radical (unpaired) electrons. The van der Waals surface area contributed by atoms with E-state index in [4.69, 9.17) is 15.2 Å². The maximum absolute atomic E-state index is 5.72. The average Bonchev–Trinajstić information content (AvgIpc) is 2.79. The third-order valence-corrected chi connectivity index (χ3v) is 4.24. The summed E-state index contributed by atoms with van der Waals surface area (Å²) < 4.78 is 10.7. The van der Waals surface area contributed by atoms with Crippen LogP contribution in [-0.2, 0) is 6.42 Å². The largest absolute Gasteiger partial charge is 0.454 e. The van der Waals surface area contributed by atoms with Crippen molar-refractivity contribution in [2.75, 3.05) is 13.3 Å². The Morgan fingerprint density at radius 2 is 2.18 bits per heavy atom. The fourth-order valence-electron chi connectivity index (χ4n) is 2.70. The number of fused-ring (bicyclic) bond motifs is 1. The molecule has 0 saturated heterocycles. The van der Waals surface area contributed by atoms with E-state index in [0.717, 1.165) is 30.4 Å². The van der Waals surface area contributed by atoms with Gasteiger partial charge in [0.15, 0.2) is 11.5 Å². The summed E-state index contributed by atoms with van der Waals surface area (Å²) >= 11 is 0. The Labute approximate surface area is 102 Å². The normalized spacial score (nSPS) is 29.4. The Morgan fingerprint density at radius 1 is 1.35 bits per heavy atom. The standard InChI is InChI=1S/C14H19NO2/c1-14(7-11(14)8-15)5-4-10-2-3-12-13(6-10)17-9-16-12/h2-3,6,11H,4-5,7-9,15H2,1H3. The molecule has 3 nitrogen and oxygen atoms in total. The first-order valence-electron chi connectivity index (χ1n) is 6.30. The van der Waals surface area contributed by atoms with Crippen LogP contribution in [0, 0.1) is 11.3 Å². The van der Waals surface area contributed by atoms with E-state index < -0.39 is 0 Å². The SMILES string of the molecule is CC1(CCc2ccc3c(c2)OCO3)CC1CN. The zero-order valence-corrected chi connectivity index (χ0v) is 10.2. The molecule has 92 valence electrons. The number of nitrogens with two attached hydrogens (primary N) is 1. The molecule has 0 amide bonds. The summed E-state index contributed by atoms with van der Waals surface area (Å²) in [7, 11) is 0. The van der Waals surface area contributed by atoms with Crippen molar-refractivity contribution in [3.05, 3.63) is 23.8 Å². The maximum Gasteiger partial charge on any atom is 0.231 e. The van der Waals surface area contributed by atoms with Gasteiger partial charge in [-0.3, -0.25) is 0 Å². The molecule has 3 rings (SSSR count). The van der Waals surface area contributed by atoms with Crippen molar-refractivity contribution in [1.29, 1.82) is 0 Å². The minimum atomic E-state index is 0.353. The molecule has 1 aliphatic heterocycles. The maximum atomic E-state index is 5.72. The van der Waals surface area contributed by atoms with Gasteiger partial charge in [0.2, 0.25) is 6.79 Å². The quantitative estimate of drug-likeness (QED) is 0.868. The fraction of sp³-hybridized carbons (Fsp3) is 0.571. The van der Waals surface area contributed by atoms with Gasteiger partial charge in [0.05, 0.1) is 0 Å². The second-order valence-electron chi connectivity index (χ2n) is 5.48. The summed E-state index contributed by atoms with van der Waals surface area (Å²) in [5.41, 5.74) is 7.52. The highest BCUT2D eigenvalue weighted by Gasteiger charge is 2.47. The van der Waals surface area contributed by atoms with Gasteiger partial charge in [0, 0.05) is 0 Å². The fourth-order valence-corrected chi connectivity index (χ4v) is 2.70. The zero-order valence-electron chi connectivity index (χ0n) is 10.2. The van der Waals surface area contributed by atoms with Crippen LogP contribution in [0.4, 0.5) is 0 Å². The van der Waals surface area contributed by atoms with Gasteiger partial charge in [-0.05, 0) is 54.8 Å². The van der Waals surface area contributed by atoms with Crippen molar-refractivity contribution in [2.24, 2.45) is 17.1 Å². The van der Waals surface area contributed by atoms with Crippen LogP contribution in [0.3, 0.4) is 0 Å². The van der Waals surface area contributed by atoms with Crippen LogP contribution in [0.5, 0.6) is 11.5 Å². The number of benzene rings is 1. The minimum absolute atomic E-state index is 0.353. The van der Waals surface area contributed by atoms with Gasteiger partial charge in [-0.15, -0.1) is 0 Å². The summed E-state index contributed by atoms with van der Waals surface area (Å²) in [4.78, 5) is 0. The molecule has 1 aromatic carbocycles. The van der Waals surface area contributed by atoms with E-state index >= 15 is 0 Å². The van der Waals surface area contributed by atoms with Gasteiger partial charge in [-0.25, -0.2) is 0 Å². The Kier molecular flexibility index (Phi) is 2.51. The first-order chi connectivity index (χ1) is 8.21. The number of hydrogen-bond acceptors (Lipinski definition) is 3.